The molecule has 1 saturated heterocycles. The van der Waals surface area contributed by atoms with Crippen LogP contribution in [0.5, 0.6) is 0 Å². The van der Waals surface area contributed by atoms with E-state index in [9.17, 15) is 4.79 Å². The summed E-state index contributed by atoms with van der Waals surface area (Å²) in [7, 11) is 2.93. The van der Waals surface area contributed by atoms with E-state index in [4.69, 9.17) is 9.47 Å². The highest BCUT2D eigenvalue weighted by Crippen LogP contribution is 2.10. The molecule has 3 unspecified atom stereocenters. The summed E-state index contributed by atoms with van der Waals surface area (Å²) in [6.07, 6.45) is -0.512. The smallest absolute Gasteiger partial charge is 0.325 e. The quantitative estimate of drug-likeness (QED) is 0.594. The summed E-state index contributed by atoms with van der Waals surface area (Å²) in [6, 6.07) is -0.392. The number of rotatable bonds is 2. The third-order valence-corrected chi connectivity index (χ3v) is 2.06. The number of hydrogen-bond donors (Lipinski definition) is 1. The standard InChI is InChI=1S/C8H15NO4/c1-5-7(8(10)12-3)9-4-6(11-2)13-5/h5-7,9H,4H2,1-3H3. The van der Waals surface area contributed by atoms with Gasteiger partial charge < -0.3 is 14.2 Å². The van der Waals surface area contributed by atoms with Gasteiger partial charge in [-0.2, -0.15) is 0 Å². The number of ether oxygens (including phenoxy) is 3. The van der Waals surface area contributed by atoms with Gasteiger partial charge in [-0.3, -0.25) is 10.1 Å². The Kier molecular flexibility index (Phi) is 3.65. The Bertz CT molecular complexity index is 185. The van der Waals surface area contributed by atoms with Gasteiger partial charge in [-0.1, -0.05) is 0 Å². The van der Waals surface area contributed by atoms with Crippen molar-refractivity contribution in [2.45, 2.75) is 25.4 Å². The molecule has 3 atom stereocenters. The lowest BCUT2D eigenvalue weighted by molar-refractivity contribution is -0.188. The number of nitrogens with one attached hydrogen (secondary N) is 1. The first kappa shape index (κ1) is 10.4. The van der Waals surface area contributed by atoms with Crippen molar-refractivity contribution in [3.8, 4) is 0 Å². The Morgan fingerprint density at radius 3 is 2.69 bits per heavy atom. The number of hydrogen-bond acceptors (Lipinski definition) is 5. The highest BCUT2D eigenvalue weighted by Gasteiger charge is 2.33. The molecule has 76 valence electrons. The Morgan fingerprint density at radius 2 is 2.23 bits per heavy atom. The second kappa shape index (κ2) is 4.55. The number of methoxy groups -OCH3 is 2. The first-order valence-corrected chi connectivity index (χ1v) is 4.18. The highest BCUT2D eigenvalue weighted by atomic mass is 16.7. The average Bonchev–Trinajstić information content (AvgIpc) is 2.16. The number of carbonyl (C=O) groups excluding carboxylic acids is 1. The molecule has 1 rings (SSSR count). The van der Waals surface area contributed by atoms with Crippen molar-refractivity contribution in [2.24, 2.45) is 0 Å². The maximum atomic E-state index is 11.2. The van der Waals surface area contributed by atoms with E-state index in [-0.39, 0.29) is 18.4 Å². The summed E-state index contributed by atoms with van der Waals surface area (Å²) >= 11 is 0. The zero-order valence-corrected chi connectivity index (χ0v) is 8.07. The van der Waals surface area contributed by atoms with Crippen LogP contribution in [0.1, 0.15) is 6.92 Å². The average molecular weight is 189 g/mol. The summed E-state index contributed by atoms with van der Waals surface area (Å²) in [5.41, 5.74) is 0. The molecule has 0 spiro atoms. The van der Waals surface area contributed by atoms with Crippen molar-refractivity contribution in [3.63, 3.8) is 0 Å². The number of esters is 1. The van der Waals surface area contributed by atoms with Crippen LogP contribution in [0.4, 0.5) is 0 Å². The van der Waals surface area contributed by atoms with Crippen LogP contribution >= 0.6 is 0 Å². The largest absolute Gasteiger partial charge is 0.468 e. The maximum absolute atomic E-state index is 11.2. The van der Waals surface area contributed by atoms with Crippen molar-refractivity contribution in [1.29, 1.82) is 0 Å². The van der Waals surface area contributed by atoms with E-state index < -0.39 is 6.04 Å². The lowest BCUT2D eigenvalue weighted by Gasteiger charge is -2.33. The topological polar surface area (TPSA) is 56.8 Å². The van der Waals surface area contributed by atoms with Gasteiger partial charge in [-0.05, 0) is 6.92 Å². The molecule has 13 heavy (non-hydrogen) atoms. The Labute approximate surface area is 77.3 Å². The predicted molar refractivity (Wildman–Crippen MR) is 45.2 cm³/mol. The van der Waals surface area contributed by atoms with Crippen molar-refractivity contribution >= 4 is 5.97 Å². The van der Waals surface area contributed by atoms with Crippen LogP contribution in [0, 0.1) is 0 Å². The van der Waals surface area contributed by atoms with Gasteiger partial charge in [0.15, 0.2) is 6.29 Å². The van der Waals surface area contributed by atoms with E-state index in [2.05, 4.69) is 10.1 Å². The van der Waals surface area contributed by atoms with E-state index in [1.165, 1.54) is 7.11 Å². The molecule has 1 aliphatic heterocycles. The number of morpholine rings is 1. The van der Waals surface area contributed by atoms with Crippen molar-refractivity contribution in [2.75, 3.05) is 20.8 Å². The molecule has 0 aromatic heterocycles. The van der Waals surface area contributed by atoms with Crippen LogP contribution in [0.2, 0.25) is 0 Å². The molecule has 0 aliphatic carbocycles. The van der Waals surface area contributed by atoms with Gasteiger partial charge in [-0.15, -0.1) is 0 Å². The predicted octanol–water partition coefficient (Wildman–Crippen LogP) is -0.491. The Balaban J connectivity index is 2.48. The van der Waals surface area contributed by atoms with Crippen LogP contribution in [-0.4, -0.2) is 45.2 Å². The molecule has 5 heteroatoms. The number of carbonyl (C=O) groups is 1. The molecular weight excluding hydrogens is 174 g/mol. The summed E-state index contributed by atoms with van der Waals surface area (Å²) < 4.78 is 15.0. The zero-order chi connectivity index (χ0) is 9.84. The van der Waals surface area contributed by atoms with E-state index in [1.54, 1.807) is 14.0 Å². The molecule has 0 bridgehead atoms. The van der Waals surface area contributed by atoms with Crippen LogP contribution in [0.25, 0.3) is 0 Å². The normalized spacial score (nSPS) is 34.2. The maximum Gasteiger partial charge on any atom is 0.325 e. The van der Waals surface area contributed by atoms with Gasteiger partial charge in [0.05, 0.1) is 13.2 Å². The van der Waals surface area contributed by atoms with Crippen molar-refractivity contribution in [3.05, 3.63) is 0 Å². The van der Waals surface area contributed by atoms with E-state index in [0.717, 1.165) is 0 Å². The van der Waals surface area contributed by atoms with Gasteiger partial charge in [0.2, 0.25) is 0 Å². The summed E-state index contributed by atoms with van der Waals surface area (Å²) in [6.45, 7) is 2.31. The molecule has 1 fully saturated rings. The highest BCUT2D eigenvalue weighted by molar-refractivity contribution is 5.76. The lowest BCUT2D eigenvalue weighted by Crippen LogP contribution is -2.55. The molecule has 1 aliphatic rings. The second-order valence-electron chi connectivity index (χ2n) is 2.92. The molecule has 1 N–H and O–H groups in total. The monoisotopic (exact) mass is 189 g/mol. The van der Waals surface area contributed by atoms with Crippen molar-refractivity contribution < 1.29 is 19.0 Å². The molecule has 0 aromatic carbocycles. The van der Waals surface area contributed by atoms with E-state index in [0.29, 0.717) is 6.54 Å². The minimum absolute atomic E-state index is 0.230. The van der Waals surface area contributed by atoms with Gasteiger partial charge in [-0.25, -0.2) is 0 Å². The third-order valence-electron chi connectivity index (χ3n) is 2.06. The molecule has 5 nitrogen and oxygen atoms in total. The fourth-order valence-electron chi connectivity index (χ4n) is 1.30. The van der Waals surface area contributed by atoms with E-state index >= 15 is 0 Å². The van der Waals surface area contributed by atoms with E-state index in [1.807, 2.05) is 0 Å². The molecular formula is C8H15NO4. The molecule has 0 saturated carbocycles. The van der Waals surface area contributed by atoms with Gasteiger partial charge in [0.1, 0.15) is 6.04 Å². The molecule has 0 aromatic rings. The summed E-state index contributed by atoms with van der Waals surface area (Å²) in [5.74, 6) is -0.304. The molecule has 0 radical (unpaired) electrons. The van der Waals surface area contributed by atoms with Crippen LogP contribution in [0.3, 0.4) is 0 Å². The van der Waals surface area contributed by atoms with Gasteiger partial charge >= 0.3 is 5.97 Å². The third kappa shape index (κ3) is 2.40. The Morgan fingerprint density at radius 1 is 1.54 bits per heavy atom. The minimum atomic E-state index is -0.392. The molecule has 1 heterocycles. The molecule has 0 amide bonds. The lowest BCUT2D eigenvalue weighted by atomic mass is 10.1. The van der Waals surface area contributed by atoms with Gasteiger partial charge in [0, 0.05) is 13.7 Å². The van der Waals surface area contributed by atoms with Gasteiger partial charge in [0.25, 0.3) is 0 Å². The summed E-state index contributed by atoms with van der Waals surface area (Å²) in [5, 5.41) is 3.00. The van der Waals surface area contributed by atoms with Crippen molar-refractivity contribution in [1.82, 2.24) is 5.32 Å². The fraction of sp³-hybridized carbons (Fsp3) is 0.875. The zero-order valence-electron chi connectivity index (χ0n) is 8.07. The van der Waals surface area contributed by atoms with Crippen LogP contribution in [-0.2, 0) is 19.0 Å². The second-order valence-corrected chi connectivity index (χ2v) is 2.92. The van der Waals surface area contributed by atoms with Crippen LogP contribution < -0.4 is 5.32 Å². The first-order valence-electron chi connectivity index (χ1n) is 4.18. The first-order chi connectivity index (χ1) is 6.19. The SMILES string of the molecule is COC(=O)C1NCC(OC)OC1C. The van der Waals surface area contributed by atoms with Crippen LogP contribution in [0.15, 0.2) is 0 Å². The Hall–Kier alpha value is -0.650. The minimum Gasteiger partial charge on any atom is -0.468 e. The fourth-order valence-corrected chi connectivity index (χ4v) is 1.30. The summed E-state index contributed by atoms with van der Waals surface area (Å²) in [4.78, 5) is 11.2.